The van der Waals surface area contributed by atoms with E-state index in [1.165, 1.54) is 13.1 Å². The van der Waals surface area contributed by atoms with Gasteiger partial charge < -0.3 is 20.9 Å². The predicted octanol–water partition coefficient (Wildman–Crippen LogP) is 0.130. The highest BCUT2D eigenvalue weighted by molar-refractivity contribution is 7.89. The second-order valence-electron chi connectivity index (χ2n) is 5.15. The number of benzene rings is 1. The molecule has 0 aliphatic carbocycles. The average Bonchev–Trinajstić information content (AvgIpc) is 2.47. The molecule has 1 aliphatic rings. The second-order valence-corrected chi connectivity index (χ2v) is 7.01. The lowest BCUT2D eigenvalue weighted by molar-refractivity contribution is -0.0543. The van der Waals surface area contributed by atoms with Crippen LogP contribution in [0.25, 0.3) is 0 Å². The summed E-state index contributed by atoms with van der Waals surface area (Å²) in [5.74, 6) is 0. The van der Waals surface area contributed by atoms with Crippen molar-refractivity contribution in [2.75, 3.05) is 37.9 Å². The number of nitrogen functional groups attached to an aromatic ring is 1. The van der Waals surface area contributed by atoms with Gasteiger partial charge in [0.15, 0.2) is 0 Å². The monoisotopic (exact) mass is 315 g/mol. The van der Waals surface area contributed by atoms with E-state index in [1.807, 2.05) is 0 Å². The zero-order valence-electron chi connectivity index (χ0n) is 11.9. The van der Waals surface area contributed by atoms with Gasteiger partial charge in [0.05, 0.1) is 11.3 Å². The first-order valence-corrected chi connectivity index (χ1v) is 8.22. The molecule has 1 aliphatic heterocycles. The fraction of sp³-hybridized carbons (Fsp3) is 0.538. The number of hydrogen-bond donors (Lipinski definition) is 4. The van der Waals surface area contributed by atoms with Gasteiger partial charge in [-0.25, -0.2) is 13.1 Å². The number of nitrogens with one attached hydrogen (secondary N) is 2. The molecule has 1 saturated heterocycles. The smallest absolute Gasteiger partial charge is 0.242 e. The van der Waals surface area contributed by atoms with Gasteiger partial charge in [0.2, 0.25) is 10.0 Å². The molecule has 118 valence electrons. The van der Waals surface area contributed by atoms with Crippen LogP contribution in [0.3, 0.4) is 0 Å². The summed E-state index contributed by atoms with van der Waals surface area (Å²) in [5.41, 5.74) is 5.54. The summed E-state index contributed by atoms with van der Waals surface area (Å²) in [5, 5.41) is 13.4. The normalized spacial score (nSPS) is 18.4. The number of aliphatic hydroxyl groups is 1. The van der Waals surface area contributed by atoms with Gasteiger partial charge in [-0.05, 0) is 25.2 Å². The van der Waals surface area contributed by atoms with Gasteiger partial charge in [0, 0.05) is 38.3 Å². The van der Waals surface area contributed by atoms with Crippen molar-refractivity contribution in [1.29, 1.82) is 0 Å². The van der Waals surface area contributed by atoms with Crippen LogP contribution in [0.15, 0.2) is 23.1 Å². The Morgan fingerprint density at radius 3 is 2.67 bits per heavy atom. The Hall–Kier alpha value is -1.35. The third-order valence-electron chi connectivity index (χ3n) is 3.60. The molecule has 1 aromatic carbocycles. The van der Waals surface area contributed by atoms with Crippen LogP contribution >= 0.6 is 0 Å². The van der Waals surface area contributed by atoms with Gasteiger partial charge in [-0.2, -0.15) is 0 Å². The fourth-order valence-corrected chi connectivity index (χ4v) is 3.15. The molecule has 0 atom stereocenters. The minimum absolute atomic E-state index is 0.0701. The maximum absolute atomic E-state index is 12.0. The number of ether oxygens (including phenoxy) is 1. The van der Waals surface area contributed by atoms with Crippen molar-refractivity contribution in [3.05, 3.63) is 18.2 Å². The number of nitrogens with two attached hydrogens (primary N) is 1. The van der Waals surface area contributed by atoms with Gasteiger partial charge in [0.1, 0.15) is 4.90 Å². The number of sulfonamides is 1. The van der Waals surface area contributed by atoms with E-state index in [-0.39, 0.29) is 11.4 Å². The minimum Gasteiger partial charge on any atom is -0.399 e. The highest BCUT2D eigenvalue weighted by Gasteiger charge is 2.30. The molecule has 0 spiro atoms. The Balaban J connectivity index is 2.20. The predicted molar refractivity (Wildman–Crippen MR) is 80.6 cm³/mol. The summed E-state index contributed by atoms with van der Waals surface area (Å²) < 4.78 is 31.5. The first-order valence-electron chi connectivity index (χ1n) is 6.73. The molecule has 0 bridgehead atoms. The van der Waals surface area contributed by atoms with Crippen molar-refractivity contribution in [2.45, 2.75) is 23.3 Å². The lowest BCUT2D eigenvalue weighted by Crippen LogP contribution is -2.42. The molecular weight excluding hydrogens is 294 g/mol. The molecule has 5 N–H and O–H groups in total. The van der Waals surface area contributed by atoms with Gasteiger partial charge in [0.25, 0.3) is 0 Å². The Morgan fingerprint density at radius 1 is 1.38 bits per heavy atom. The first-order chi connectivity index (χ1) is 9.86. The maximum Gasteiger partial charge on any atom is 0.242 e. The molecule has 8 heteroatoms. The van der Waals surface area contributed by atoms with E-state index in [1.54, 1.807) is 12.1 Å². The van der Waals surface area contributed by atoms with Crippen LogP contribution < -0.4 is 15.8 Å². The van der Waals surface area contributed by atoms with Crippen LogP contribution in [-0.2, 0) is 14.8 Å². The van der Waals surface area contributed by atoms with Crippen LogP contribution in [-0.4, -0.2) is 45.9 Å². The number of hydrogen-bond acceptors (Lipinski definition) is 6. The number of anilines is 2. The highest BCUT2D eigenvalue weighted by atomic mass is 32.2. The Kier molecular flexibility index (Phi) is 4.72. The van der Waals surface area contributed by atoms with E-state index in [0.29, 0.717) is 37.4 Å². The van der Waals surface area contributed by atoms with Crippen molar-refractivity contribution in [3.63, 3.8) is 0 Å². The summed E-state index contributed by atoms with van der Waals surface area (Å²) in [6, 6.07) is 4.61. The van der Waals surface area contributed by atoms with E-state index in [2.05, 4.69) is 10.0 Å². The quantitative estimate of drug-likeness (QED) is 0.574. The first kappa shape index (κ1) is 16.0. The molecule has 0 amide bonds. The van der Waals surface area contributed by atoms with Gasteiger partial charge in [-0.3, -0.25) is 0 Å². The van der Waals surface area contributed by atoms with Gasteiger partial charge >= 0.3 is 0 Å². The van der Waals surface area contributed by atoms with E-state index in [4.69, 9.17) is 10.5 Å². The average molecular weight is 315 g/mol. The molecule has 21 heavy (non-hydrogen) atoms. The van der Waals surface area contributed by atoms with Crippen molar-refractivity contribution in [2.24, 2.45) is 0 Å². The standard InChI is InChI=1S/C13H21N3O4S/c1-15-21(18,19)12-8-10(14)2-3-11(12)16-9-13(17)4-6-20-7-5-13/h2-3,8,15-17H,4-7,9,14H2,1H3. The van der Waals surface area contributed by atoms with Crippen molar-refractivity contribution in [1.82, 2.24) is 4.72 Å². The largest absolute Gasteiger partial charge is 0.399 e. The number of rotatable bonds is 5. The van der Waals surface area contributed by atoms with Crippen molar-refractivity contribution in [3.8, 4) is 0 Å². The summed E-state index contributed by atoms with van der Waals surface area (Å²) in [6.45, 7) is 1.26. The zero-order valence-corrected chi connectivity index (χ0v) is 12.7. The zero-order chi connectivity index (χ0) is 15.5. The molecule has 0 unspecified atom stereocenters. The van der Waals surface area contributed by atoms with Gasteiger partial charge in [-0.15, -0.1) is 0 Å². The molecule has 2 rings (SSSR count). The van der Waals surface area contributed by atoms with E-state index in [9.17, 15) is 13.5 Å². The molecule has 1 aromatic rings. The summed E-state index contributed by atoms with van der Waals surface area (Å²) >= 11 is 0. The van der Waals surface area contributed by atoms with Crippen molar-refractivity contribution >= 4 is 21.4 Å². The Bertz CT molecular complexity index is 597. The van der Waals surface area contributed by atoms with Crippen molar-refractivity contribution < 1.29 is 18.3 Å². The molecule has 0 radical (unpaired) electrons. The lowest BCUT2D eigenvalue weighted by Gasteiger charge is -2.32. The van der Waals surface area contributed by atoms with Crippen LogP contribution in [0.1, 0.15) is 12.8 Å². The van der Waals surface area contributed by atoms with Crippen LogP contribution in [0.5, 0.6) is 0 Å². The molecule has 0 saturated carbocycles. The maximum atomic E-state index is 12.0. The lowest BCUT2D eigenvalue weighted by atomic mass is 9.94. The van der Waals surface area contributed by atoms with Gasteiger partial charge in [-0.1, -0.05) is 0 Å². The molecule has 1 fully saturated rings. The van der Waals surface area contributed by atoms with Crippen LogP contribution in [0, 0.1) is 0 Å². The third-order valence-corrected chi connectivity index (χ3v) is 5.05. The third kappa shape index (κ3) is 3.85. The minimum atomic E-state index is -3.62. The van der Waals surface area contributed by atoms with E-state index in [0.717, 1.165) is 0 Å². The highest BCUT2D eigenvalue weighted by Crippen LogP contribution is 2.26. The molecular formula is C13H21N3O4S. The van der Waals surface area contributed by atoms with Crippen LogP contribution in [0.2, 0.25) is 0 Å². The fourth-order valence-electron chi connectivity index (χ4n) is 2.21. The summed E-state index contributed by atoms with van der Waals surface area (Å²) in [4.78, 5) is 0.0701. The summed E-state index contributed by atoms with van der Waals surface area (Å²) in [6.07, 6.45) is 1.03. The summed E-state index contributed by atoms with van der Waals surface area (Å²) in [7, 11) is -2.28. The topological polar surface area (TPSA) is 114 Å². The molecule has 0 aromatic heterocycles. The Labute approximate surface area is 124 Å². The molecule has 7 nitrogen and oxygen atoms in total. The Morgan fingerprint density at radius 2 is 2.05 bits per heavy atom. The van der Waals surface area contributed by atoms with E-state index < -0.39 is 15.6 Å². The SMILES string of the molecule is CNS(=O)(=O)c1cc(N)ccc1NCC1(O)CCOCC1. The van der Waals surface area contributed by atoms with Crippen LogP contribution in [0.4, 0.5) is 11.4 Å². The molecule has 1 heterocycles. The second kappa shape index (κ2) is 6.18. The van der Waals surface area contributed by atoms with E-state index >= 15 is 0 Å².